The Balaban J connectivity index is 1.93. The number of fused-ring (bicyclic) bond motifs is 1. The fourth-order valence-electron chi connectivity index (χ4n) is 3.77. The molecule has 0 fully saturated rings. The van der Waals surface area contributed by atoms with Crippen molar-refractivity contribution >= 4 is 11.6 Å². The van der Waals surface area contributed by atoms with Crippen molar-refractivity contribution in [1.29, 1.82) is 0 Å². The smallest absolute Gasteiger partial charge is 0.335 e. The lowest BCUT2D eigenvalue weighted by molar-refractivity contribution is 0.352. The molecule has 0 unspecified atom stereocenters. The molecule has 0 bridgehead atoms. The average molecular weight is 430 g/mol. The monoisotopic (exact) mass is 429 g/mol. The van der Waals surface area contributed by atoms with Gasteiger partial charge in [-0.15, -0.1) is 0 Å². The second-order valence-electron chi connectivity index (χ2n) is 6.85. The third-order valence-corrected chi connectivity index (χ3v) is 5.45. The summed E-state index contributed by atoms with van der Waals surface area (Å²) >= 11 is 5.93. The number of nitrogens with one attached hydrogen (secondary N) is 2. The molecule has 0 spiro atoms. The number of hydrogen-bond donors (Lipinski definition) is 3. The Bertz CT molecular complexity index is 1220. The van der Waals surface area contributed by atoms with Gasteiger partial charge in [-0.3, -0.25) is 9.78 Å². The van der Waals surface area contributed by atoms with E-state index >= 15 is 0 Å². The fourth-order valence-corrected chi connectivity index (χ4v) is 3.90. The lowest BCUT2D eigenvalue weighted by atomic mass is 9.90. The Hall–Kier alpha value is -3.23. The van der Waals surface area contributed by atoms with Crippen LogP contribution >= 0.6 is 11.6 Å². The first kappa shape index (κ1) is 20.1. The minimum atomic E-state index is -0.744. The van der Waals surface area contributed by atoms with Crippen LogP contribution in [0.15, 0.2) is 46.0 Å². The van der Waals surface area contributed by atoms with E-state index in [1.165, 1.54) is 7.11 Å². The van der Waals surface area contributed by atoms with Crippen molar-refractivity contribution in [2.24, 2.45) is 0 Å². The molecule has 3 N–H and O–H groups in total. The van der Waals surface area contributed by atoms with Crippen LogP contribution in [0.5, 0.6) is 17.4 Å². The third-order valence-electron chi connectivity index (χ3n) is 5.19. The lowest BCUT2D eigenvalue weighted by Gasteiger charge is -2.28. The summed E-state index contributed by atoms with van der Waals surface area (Å²) in [4.78, 5) is 27.5. The van der Waals surface area contributed by atoms with Crippen molar-refractivity contribution in [2.75, 3.05) is 20.8 Å². The van der Waals surface area contributed by atoms with Gasteiger partial charge in [0, 0.05) is 11.6 Å². The van der Waals surface area contributed by atoms with Crippen LogP contribution in [-0.4, -0.2) is 35.4 Å². The van der Waals surface area contributed by atoms with Crippen LogP contribution in [0.4, 0.5) is 0 Å². The van der Waals surface area contributed by atoms with E-state index in [4.69, 9.17) is 21.1 Å². The Kier molecular flexibility index (Phi) is 5.27. The largest absolute Gasteiger partial charge is 0.494 e. The molecule has 1 atom stereocenters. The molecule has 2 aromatic carbocycles. The minimum absolute atomic E-state index is 0.0396. The number of aromatic nitrogens is 2. The van der Waals surface area contributed by atoms with Crippen LogP contribution in [-0.2, 0) is 6.42 Å². The van der Waals surface area contributed by atoms with Gasteiger partial charge in [-0.2, -0.15) is 0 Å². The second-order valence-corrected chi connectivity index (χ2v) is 7.29. The number of hydrogen-bond acceptors (Lipinski definition) is 6. The first-order valence-electron chi connectivity index (χ1n) is 9.27. The first-order valence-corrected chi connectivity index (χ1v) is 9.64. The number of nitrogens with zero attached hydrogens (tertiary/aromatic N) is 1. The third kappa shape index (κ3) is 3.34. The highest BCUT2D eigenvalue weighted by molar-refractivity contribution is 6.30. The van der Waals surface area contributed by atoms with Gasteiger partial charge in [0.25, 0.3) is 5.56 Å². The number of methoxy groups -OCH3 is 2. The molecule has 0 radical (unpaired) electrons. The molecular formula is C21H20ClN3O5. The van der Waals surface area contributed by atoms with Gasteiger partial charge in [0.15, 0.2) is 11.5 Å². The molecule has 0 amide bonds. The molecule has 0 saturated carbocycles. The van der Waals surface area contributed by atoms with Crippen LogP contribution in [0.25, 0.3) is 5.69 Å². The summed E-state index contributed by atoms with van der Waals surface area (Å²) in [5.74, 6) is 0.652. The molecule has 3 aromatic rings. The Morgan fingerprint density at radius 1 is 1.10 bits per heavy atom. The van der Waals surface area contributed by atoms with Gasteiger partial charge < -0.3 is 19.9 Å². The molecule has 1 aliphatic rings. The SMILES string of the molecule is COc1cc2c(cc1OC)[C@@H](c1c(O)n(-c3ccc(Cl)cc3)c(=O)[nH]c1=O)NCC2. The number of rotatable bonds is 4. The van der Waals surface area contributed by atoms with Crippen molar-refractivity contribution in [3.63, 3.8) is 0 Å². The molecule has 8 nitrogen and oxygen atoms in total. The van der Waals surface area contributed by atoms with Gasteiger partial charge in [-0.05, 0) is 53.9 Å². The predicted molar refractivity (Wildman–Crippen MR) is 112 cm³/mol. The van der Waals surface area contributed by atoms with Gasteiger partial charge in [0.05, 0.1) is 31.5 Å². The van der Waals surface area contributed by atoms with E-state index in [2.05, 4.69) is 10.3 Å². The topological polar surface area (TPSA) is 106 Å². The highest BCUT2D eigenvalue weighted by atomic mass is 35.5. The Morgan fingerprint density at radius 3 is 2.43 bits per heavy atom. The van der Waals surface area contributed by atoms with E-state index in [1.54, 1.807) is 37.4 Å². The summed E-state index contributed by atoms with van der Waals surface area (Å²) < 4.78 is 11.8. The average Bonchev–Trinajstić information content (AvgIpc) is 2.73. The fraction of sp³-hybridized carbons (Fsp3) is 0.238. The summed E-state index contributed by atoms with van der Waals surface area (Å²) in [6, 6.07) is 9.36. The molecule has 0 saturated heterocycles. The maximum absolute atomic E-state index is 12.7. The quantitative estimate of drug-likeness (QED) is 0.586. The minimum Gasteiger partial charge on any atom is -0.494 e. The molecule has 156 valence electrons. The number of benzene rings is 2. The maximum Gasteiger partial charge on any atom is 0.335 e. The zero-order valence-electron chi connectivity index (χ0n) is 16.4. The van der Waals surface area contributed by atoms with E-state index in [9.17, 15) is 14.7 Å². The van der Waals surface area contributed by atoms with Crippen LogP contribution in [0.2, 0.25) is 5.02 Å². The molecule has 4 rings (SSSR count). The number of H-pyrrole nitrogens is 1. The van der Waals surface area contributed by atoms with Gasteiger partial charge in [0.1, 0.15) is 0 Å². The van der Waals surface area contributed by atoms with Crippen molar-refractivity contribution in [2.45, 2.75) is 12.5 Å². The van der Waals surface area contributed by atoms with Crippen LogP contribution in [0.3, 0.4) is 0 Å². The highest BCUT2D eigenvalue weighted by Gasteiger charge is 2.30. The Labute approximate surface area is 176 Å². The van der Waals surface area contributed by atoms with E-state index in [-0.39, 0.29) is 5.56 Å². The number of aromatic amines is 1. The molecule has 0 aliphatic carbocycles. The summed E-state index contributed by atoms with van der Waals surface area (Å²) in [6.07, 6.45) is 0.710. The van der Waals surface area contributed by atoms with Crippen molar-refractivity contribution in [3.05, 3.63) is 78.9 Å². The summed E-state index contributed by atoms with van der Waals surface area (Å²) in [5, 5.41) is 14.7. The van der Waals surface area contributed by atoms with Gasteiger partial charge in [-0.1, -0.05) is 11.6 Å². The predicted octanol–water partition coefficient (Wildman–Crippen LogP) is 2.14. The van der Waals surface area contributed by atoms with E-state index in [0.717, 1.165) is 15.7 Å². The van der Waals surface area contributed by atoms with Crippen molar-refractivity contribution in [3.8, 4) is 23.1 Å². The normalized spacial score (nSPS) is 15.5. The zero-order chi connectivity index (χ0) is 21.4. The molecular weight excluding hydrogens is 410 g/mol. The number of ether oxygens (including phenoxy) is 2. The molecule has 9 heteroatoms. The molecule has 2 heterocycles. The first-order chi connectivity index (χ1) is 14.4. The molecule has 1 aromatic heterocycles. The standard InChI is InChI=1S/C21H20ClN3O5/c1-29-15-9-11-7-8-23-18(14(11)10-16(15)30-2)17-19(26)24-21(28)25(20(17)27)13-5-3-12(22)4-6-13/h3-6,9-10,18,23,27H,7-8H2,1-2H3,(H,24,26,28)/t18-/m0/s1. The summed E-state index contributed by atoms with van der Waals surface area (Å²) in [7, 11) is 3.09. The van der Waals surface area contributed by atoms with Crippen molar-refractivity contribution in [1.82, 2.24) is 14.9 Å². The van der Waals surface area contributed by atoms with Gasteiger partial charge in [-0.25, -0.2) is 9.36 Å². The Morgan fingerprint density at radius 2 is 1.77 bits per heavy atom. The molecule has 1 aliphatic heterocycles. The van der Waals surface area contributed by atoms with Crippen LogP contribution in [0, 0.1) is 0 Å². The van der Waals surface area contributed by atoms with E-state index in [0.29, 0.717) is 35.2 Å². The maximum atomic E-state index is 12.7. The van der Waals surface area contributed by atoms with E-state index in [1.807, 2.05) is 6.07 Å². The van der Waals surface area contributed by atoms with Crippen LogP contribution < -0.4 is 26.0 Å². The summed E-state index contributed by atoms with van der Waals surface area (Å²) in [5.41, 5.74) is 0.732. The zero-order valence-corrected chi connectivity index (χ0v) is 17.1. The number of halogens is 1. The highest BCUT2D eigenvalue weighted by Crippen LogP contribution is 2.38. The van der Waals surface area contributed by atoms with Crippen LogP contribution in [0.1, 0.15) is 22.7 Å². The second kappa shape index (κ2) is 7.89. The lowest BCUT2D eigenvalue weighted by Crippen LogP contribution is -2.38. The summed E-state index contributed by atoms with van der Waals surface area (Å²) in [6.45, 7) is 0.575. The van der Waals surface area contributed by atoms with Crippen molar-refractivity contribution < 1.29 is 14.6 Å². The van der Waals surface area contributed by atoms with Gasteiger partial charge in [0.2, 0.25) is 5.88 Å². The van der Waals surface area contributed by atoms with Gasteiger partial charge >= 0.3 is 5.69 Å². The number of aromatic hydroxyl groups is 1. The molecule has 30 heavy (non-hydrogen) atoms. The van der Waals surface area contributed by atoms with E-state index < -0.39 is 23.2 Å².